The van der Waals surface area contributed by atoms with E-state index in [9.17, 15) is 14.9 Å². The van der Waals surface area contributed by atoms with Crippen LogP contribution in [0.25, 0.3) is 11.0 Å². The summed E-state index contributed by atoms with van der Waals surface area (Å²) >= 11 is 5.84. The maximum Gasteiger partial charge on any atom is 0.362 e. The van der Waals surface area contributed by atoms with Crippen LogP contribution in [0.2, 0.25) is 5.02 Å². The second-order valence-corrected chi connectivity index (χ2v) is 4.49. The van der Waals surface area contributed by atoms with E-state index in [4.69, 9.17) is 21.1 Å². The first-order valence-electron chi connectivity index (χ1n) is 6.43. The van der Waals surface area contributed by atoms with Crippen molar-refractivity contribution in [3.05, 3.63) is 33.0 Å². The third-order valence-corrected chi connectivity index (χ3v) is 2.95. The summed E-state index contributed by atoms with van der Waals surface area (Å²) in [5.41, 5.74) is -0.00930. The molecule has 0 N–H and O–H groups in total. The predicted molar refractivity (Wildman–Crippen MR) is 78.3 cm³/mol. The Kier molecular flexibility index (Phi) is 4.71. The first kappa shape index (κ1) is 15.9. The zero-order valence-electron chi connectivity index (χ0n) is 11.8. The van der Waals surface area contributed by atoms with E-state index in [0.29, 0.717) is 0 Å². The summed E-state index contributed by atoms with van der Waals surface area (Å²) < 4.78 is 10.2. The fraction of sp³-hybridized carbons (Fsp3) is 0.308. The van der Waals surface area contributed by atoms with Crippen LogP contribution in [0.4, 0.5) is 5.69 Å². The highest BCUT2D eigenvalue weighted by Crippen LogP contribution is 2.30. The fourth-order valence-corrected chi connectivity index (χ4v) is 1.99. The van der Waals surface area contributed by atoms with Crippen molar-refractivity contribution < 1.29 is 19.2 Å². The van der Waals surface area contributed by atoms with Gasteiger partial charge >= 0.3 is 5.97 Å². The zero-order chi connectivity index (χ0) is 16.3. The van der Waals surface area contributed by atoms with Gasteiger partial charge in [0, 0.05) is 6.07 Å². The number of carbonyl (C=O) groups excluding carboxylic acids is 1. The molecule has 0 atom stereocenters. The van der Waals surface area contributed by atoms with Crippen LogP contribution in [0.1, 0.15) is 24.3 Å². The van der Waals surface area contributed by atoms with Crippen molar-refractivity contribution in [1.82, 2.24) is 9.97 Å². The molecule has 1 aromatic carbocycles. The van der Waals surface area contributed by atoms with Crippen LogP contribution in [0.3, 0.4) is 0 Å². The van der Waals surface area contributed by atoms with Gasteiger partial charge in [0.1, 0.15) is 5.02 Å². The molecule has 2 aromatic rings. The van der Waals surface area contributed by atoms with Crippen LogP contribution in [-0.4, -0.2) is 34.1 Å². The molecule has 0 unspecified atom stereocenters. The first-order valence-corrected chi connectivity index (χ1v) is 6.81. The molecule has 0 fully saturated rings. The summed E-state index contributed by atoms with van der Waals surface area (Å²) in [6, 6.07) is 2.46. The lowest BCUT2D eigenvalue weighted by atomic mass is 10.2. The van der Waals surface area contributed by atoms with Gasteiger partial charge in [0.2, 0.25) is 11.6 Å². The highest BCUT2D eigenvalue weighted by Gasteiger charge is 2.21. The second-order valence-electron chi connectivity index (χ2n) is 4.08. The number of carbonyl (C=O) groups is 1. The molecule has 1 aromatic heterocycles. The van der Waals surface area contributed by atoms with Gasteiger partial charge in [0.25, 0.3) is 5.69 Å². The van der Waals surface area contributed by atoms with Gasteiger partial charge in [-0.05, 0) is 19.9 Å². The molecule has 0 radical (unpaired) electrons. The molecule has 116 valence electrons. The number of halogens is 1. The first-order chi connectivity index (χ1) is 10.5. The van der Waals surface area contributed by atoms with Crippen molar-refractivity contribution >= 4 is 34.3 Å². The lowest BCUT2D eigenvalue weighted by Crippen LogP contribution is -2.12. The van der Waals surface area contributed by atoms with Crippen LogP contribution in [0, 0.1) is 10.1 Å². The number of hydrogen-bond acceptors (Lipinski definition) is 7. The summed E-state index contributed by atoms with van der Waals surface area (Å²) in [5, 5.41) is 10.8. The number of nitrogens with zero attached hydrogens (tertiary/aromatic N) is 3. The van der Waals surface area contributed by atoms with Crippen molar-refractivity contribution in [2.45, 2.75) is 13.8 Å². The van der Waals surface area contributed by atoms with Gasteiger partial charge in [-0.1, -0.05) is 11.6 Å². The van der Waals surface area contributed by atoms with E-state index in [1.54, 1.807) is 13.8 Å². The molecule has 2 rings (SSSR count). The molecule has 0 aliphatic rings. The van der Waals surface area contributed by atoms with Crippen molar-refractivity contribution in [2.75, 3.05) is 13.2 Å². The number of esters is 1. The SMILES string of the molecule is CCOC(=O)c1nc2cc([N+](=O)[O-])c(Cl)cc2nc1OCC. The minimum Gasteiger partial charge on any atom is -0.476 e. The summed E-state index contributed by atoms with van der Waals surface area (Å²) in [7, 11) is 0. The molecule has 0 amide bonds. The van der Waals surface area contributed by atoms with E-state index >= 15 is 0 Å². The summed E-state index contributed by atoms with van der Waals surface area (Å²) in [5.74, 6) is -0.712. The Bertz CT molecular complexity index is 750. The number of hydrogen-bond donors (Lipinski definition) is 0. The van der Waals surface area contributed by atoms with E-state index in [1.165, 1.54) is 6.07 Å². The van der Waals surface area contributed by atoms with Gasteiger partial charge < -0.3 is 9.47 Å². The standard InChI is InChI=1S/C13H12ClN3O5/c1-3-21-12-11(13(18)22-4-2)15-9-6-10(17(19)20)7(14)5-8(9)16-12/h5-6H,3-4H2,1-2H3. The van der Waals surface area contributed by atoms with Crippen molar-refractivity contribution in [2.24, 2.45) is 0 Å². The van der Waals surface area contributed by atoms with Crippen LogP contribution >= 0.6 is 11.6 Å². The zero-order valence-corrected chi connectivity index (χ0v) is 12.6. The number of nitro benzene ring substituents is 1. The van der Waals surface area contributed by atoms with Gasteiger partial charge in [-0.3, -0.25) is 10.1 Å². The Morgan fingerprint density at radius 1 is 1.27 bits per heavy atom. The van der Waals surface area contributed by atoms with Gasteiger partial charge in [0.05, 0.1) is 29.2 Å². The van der Waals surface area contributed by atoms with Crippen LogP contribution in [-0.2, 0) is 4.74 Å². The Balaban J connectivity index is 2.66. The Morgan fingerprint density at radius 2 is 1.95 bits per heavy atom. The van der Waals surface area contributed by atoms with E-state index in [2.05, 4.69) is 9.97 Å². The topological polar surface area (TPSA) is 104 Å². The molecular weight excluding hydrogens is 314 g/mol. The molecule has 0 bridgehead atoms. The monoisotopic (exact) mass is 325 g/mol. The number of nitro groups is 1. The lowest BCUT2D eigenvalue weighted by Gasteiger charge is -2.09. The minimum atomic E-state index is -0.710. The third kappa shape index (κ3) is 3.06. The van der Waals surface area contributed by atoms with E-state index in [-0.39, 0.29) is 46.5 Å². The Labute approximate surface area is 130 Å². The molecule has 0 aliphatic heterocycles. The quantitative estimate of drug-likeness (QED) is 0.473. The molecular formula is C13H12ClN3O5. The lowest BCUT2D eigenvalue weighted by molar-refractivity contribution is -0.384. The van der Waals surface area contributed by atoms with Crippen molar-refractivity contribution in [3.8, 4) is 5.88 Å². The number of fused-ring (bicyclic) bond motifs is 1. The maximum absolute atomic E-state index is 11.9. The van der Waals surface area contributed by atoms with Crippen molar-refractivity contribution in [1.29, 1.82) is 0 Å². The highest BCUT2D eigenvalue weighted by atomic mass is 35.5. The maximum atomic E-state index is 11.9. The van der Waals surface area contributed by atoms with Gasteiger partial charge in [-0.15, -0.1) is 0 Å². The van der Waals surface area contributed by atoms with Gasteiger partial charge in [0.15, 0.2) is 0 Å². The molecule has 1 heterocycles. The largest absolute Gasteiger partial charge is 0.476 e. The minimum absolute atomic E-state index is 0.00151. The van der Waals surface area contributed by atoms with Crippen LogP contribution < -0.4 is 4.74 Å². The summed E-state index contributed by atoms with van der Waals surface area (Å²) in [6.45, 7) is 3.80. The molecule has 0 saturated heterocycles. The van der Waals surface area contributed by atoms with Crippen LogP contribution in [0.5, 0.6) is 5.88 Å². The van der Waals surface area contributed by atoms with E-state index in [1.807, 2.05) is 0 Å². The molecule has 22 heavy (non-hydrogen) atoms. The molecule has 8 nitrogen and oxygen atoms in total. The highest BCUT2D eigenvalue weighted by molar-refractivity contribution is 6.33. The summed E-state index contributed by atoms with van der Waals surface area (Å²) in [4.78, 5) is 30.4. The average molecular weight is 326 g/mol. The normalized spacial score (nSPS) is 10.5. The predicted octanol–water partition coefficient (Wildman–Crippen LogP) is 2.77. The average Bonchev–Trinajstić information content (AvgIpc) is 2.46. The molecule has 0 aliphatic carbocycles. The number of aromatic nitrogens is 2. The Morgan fingerprint density at radius 3 is 2.55 bits per heavy atom. The Hall–Kier alpha value is -2.48. The van der Waals surface area contributed by atoms with Gasteiger partial charge in [-0.25, -0.2) is 14.8 Å². The fourth-order valence-electron chi connectivity index (χ4n) is 1.76. The smallest absolute Gasteiger partial charge is 0.362 e. The number of ether oxygens (including phenoxy) is 2. The second kappa shape index (κ2) is 6.52. The van der Waals surface area contributed by atoms with E-state index in [0.717, 1.165) is 6.07 Å². The number of rotatable bonds is 5. The summed E-state index contributed by atoms with van der Waals surface area (Å²) in [6.07, 6.45) is 0. The molecule has 0 saturated carbocycles. The van der Waals surface area contributed by atoms with Crippen LogP contribution in [0.15, 0.2) is 12.1 Å². The van der Waals surface area contributed by atoms with Gasteiger partial charge in [-0.2, -0.15) is 0 Å². The third-order valence-electron chi connectivity index (χ3n) is 2.65. The molecule has 9 heteroatoms. The molecule has 0 spiro atoms. The van der Waals surface area contributed by atoms with E-state index < -0.39 is 10.9 Å². The van der Waals surface area contributed by atoms with Crippen molar-refractivity contribution in [3.63, 3.8) is 0 Å². The number of benzene rings is 1.